The Morgan fingerprint density at radius 1 is 1.44 bits per heavy atom. The number of carboxylic acid groups (broad SMARTS) is 1. The molecule has 0 radical (unpaired) electrons. The molecule has 1 aromatic heterocycles. The van der Waals surface area contributed by atoms with Crippen LogP contribution in [0.3, 0.4) is 0 Å². The van der Waals surface area contributed by atoms with Crippen molar-refractivity contribution in [3.8, 4) is 0 Å². The SMILES string of the molecule is O=C(O)c1cn(F)c2cc(Cl)ccc2c1=O. The van der Waals surface area contributed by atoms with E-state index in [9.17, 15) is 14.1 Å². The van der Waals surface area contributed by atoms with E-state index in [4.69, 9.17) is 16.7 Å². The van der Waals surface area contributed by atoms with Crippen LogP contribution in [0.25, 0.3) is 10.9 Å². The molecule has 82 valence electrons. The molecule has 0 bridgehead atoms. The lowest BCUT2D eigenvalue weighted by Gasteiger charge is -2.03. The Bertz CT molecular complexity index is 650. The highest BCUT2D eigenvalue weighted by Gasteiger charge is 2.14. The average Bonchev–Trinajstić information content (AvgIpc) is 2.22. The van der Waals surface area contributed by atoms with E-state index in [0.29, 0.717) is 6.20 Å². The van der Waals surface area contributed by atoms with Gasteiger partial charge in [0.2, 0.25) is 5.43 Å². The number of aromatic nitrogens is 1. The minimum Gasteiger partial charge on any atom is -0.477 e. The quantitative estimate of drug-likeness (QED) is 0.832. The third-order valence-electron chi connectivity index (χ3n) is 2.15. The molecular formula is C10H5ClFNO3. The van der Waals surface area contributed by atoms with Gasteiger partial charge in [0.15, 0.2) is 0 Å². The normalized spacial score (nSPS) is 10.6. The van der Waals surface area contributed by atoms with E-state index in [1.54, 1.807) is 0 Å². The summed E-state index contributed by atoms with van der Waals surface area (Å²) in [6.45, 7) is 0. The number of pyridine rings is 1. The number of hydrogen-bond donors (Lipinski definition) is 1. The minimum absolute atomic E-state index is 0.0215. The molecule has 0 saturated carbocycles. The number of rotatable bonds is 1. The Labute approximate surface area is 93.4 Å². The van der Waals surface area contributed by atoms with Crippen LogP contribution in [0.2, 0.25) is 5.02 Å². The Kier molecular flexibility index (Phi) is 2.40. The largest absolute Gasteiger partial charge is 0.477 e. The zero-order valence-corrected chi connectivity index (χ0v) is 8.53. The standard InChI is InChI=1S/C10H5ClFNO3/c11-5-1-2-6-8(3-5)13(12)4-7(9(6)14)10(15)16/h1-4H,(H,15,16). The molecule has 1 aromatic carbocycles. The summed E-state index contributed by atoms with van der Waals surface area (Å²) in [7, 11) is 0. The summed E-state index contributed by atoms with van der Waals surface area (Å²) >= 11 is 5.65. The first-order valence-electron chi connectivity index (χ1n) is 4.25. The van der Waals surface area contributed by atoms with Gasteiger partial charge < -0.3 is 5.11 Å². The van der Waals surface area contributed by atoms with E-state index in [-0.39, 0.29) is 20.7 Å². The van der Waals surface area contributed by atoms with E-state index in [2.05, 4.69) is 0 Å². The van der Waals surface area contributed by atoms with E-state index in [1.807, 2.05) is 0 Å². The summed E-state index contributed by atoms with van der Waals surface area (Å²) < 4.78 is 13.4. The lowest BCUT2D eigenvalue weighted by atomic mass is 10.1. The summed E-state index contributed by atoms with van der Waals surface area (Å²) in [5.74, 6) is -1.46. The van der Waals surface area contributed by atoms with Gasteiger partial charge in [-0.1, -0.05) is 16.1 Å². The number of halogens is 2. The molecule has 0 atom stereocenters. The molecular weight excluding hydrogens is 237 g/mol. The molecule has 2 rings (SSSR count). The van der Waals surface area contributed by atoms with Crippen molar-refractivity contribution in [2.45, 2.75) is 0 Å². The number of benzene rings is 1. The zero-order valence-electron chi connectivity index (χ0n) is 7.78. The Balaban J connectivity index is 2.96. The molecule has 4 nitrogen and oxygen atoms in total. The Morgan fingerprint density at radius 3 is 2.75 bits per heavy atom. The molecule has 0 saturated heterocycles. The van der Waals surface area contributed by atoms with Gasteiger partial charge in [0.05, 0.1) is 11.7 Å². The molecule has 0 amide bonds. The second-order valence-corrected chi connectivity index (χ2v) is 3.59. The Hall–Kier alpha value is -1.88. The summed E-state index contributed by atoms with van der Waals surface area (Å²) in [6.07, 6.45) is 0.628. The predicted octanol–water partition coefficient (Wildman–Crippen LogP) is 2.09. The van der Waals surface area contributed by atoms with Gasteiger partial charge in [0.1, 0.15) is 5.56 Å². The van der Waals surface area contributed by atoms with Gasteiger partial charge in [0.25, 0.3) is 0 Å². The minimum atomic E-state index is -1.46. The van der Waals surface area contributed by atoms with Gasteiger partial charge >= 0.3 is 5.97 Å². The lowest BCUT2D eigenvalue weighted by molar-refractivity contribution is 0.0693. The zero-order chi connectivity index (χ0) is 11.9. The number of hydrogen-bond acceptors (Lipinski definition) is 2. The first-order chi connectivity index (χ1) is 7.50. The third-order valence-corrected chi connectivity index (χ3v) is 2.39. The average molecular weight is 242 g/mol. The van der Waals surface area contributed by atoms with E-state index >= 15 is 0 Å². The van der Waals surface area contributed by atoms with Crippen molar-refractivity contribution in [3.63, 3.8) is 0 Å². The molecule has 2 aromatic rings. The second-order valence-electron chi connectivity index (χ2n) is 3.15. The van der Waals surface area contributed by atoms with Crippen LogP contribution in [-0.2, 0) is 0 Å². The van der Waals surface area contributed by atoms with Crippen LogP contribution >= 0.6 is 11.6 Å². The lowest BCUT2D eigenvalue weighted by Crippen LogP contribution is -2.16. The van der Waals surface area contributed by atoms with Crippen LogP contribution in [0.15, 0.2) is 29.2 Å². The molecule has 0 fully saturated rings. The van der Waals surface area contributed by atoms with Crippen molar-refractivity contribution >= 4 is 28.5 Å². The van der Waals surface area contributed by atoms with Crippen LogP contribution in [0.4, 0.5) is 4.48 Å². The van der Waals surface area contributed by atoms with Gasteiger partial charge in [-0.2, -0.15) is 4.79 Å². The molecule has 0 unspecified atom stereocenters. The number of carboxylic acids is 1. The first-order valence-corrected chi connectivity index (χ1v) is 4.63. The van der Waals surface area contributed by atoms with Crippen molar-refractivity contribution in [2.75, 3.05) is 0 Å². The third kappa shape index (κ3) is 1.55. The molecule has 1 heterocycles. The number of aromatic carboxylic acids is 1. The highest BCUT2D eigenvalue weighted by Crippen LogP contribution is 2.17. The second kappa shape index (κ2) is 3.61. The van der Waals surface area contributed by atoms with Gasteiger partial charge in [-0.25, -0.2) is 4.79 Å². The van der Waals surface area contributed by atoms with E-state index < -0.39 is 17.0 Å². The van der Waals surface area contributed by atoms with Gasteiger partial charge in [-0.3, -0.25) is 4.79 Å². The van der Waals surface area contributed by atoms with Crippen molar-refractivity contribution in [1.82, 2.24) is 4.79 Å². The molecule has 0 aliphatic rings. The molecule has 0 aliphatic carbocycles. The maximum absolute atomic E-state index is 13.4. The fraction of sp³-hybridized carbons (Fsp3) is 0. The van der Waals surface area contributed by atoms with Crippen LogP contribution < -0.4 is 5.43 Å². The van der Waals surface area contributed by atoms with Crippen molar-refractivity contribution < 1.29 is 14.4 Å². The van der Waals surface area contributed by atoms with Crippen LogP contribution in [0, 0.1) is 0 Å². The van der Waals surface area contributed by atoms with Crippen molar-refractivity contribution in [2.24, 2.45) is 0 Å². The highest BCUT2D eigenvalue weighted by molar-refractivity contribution is 6.31. The molecule has 6 heteroatoms. The maximum Gasteiger partial charge on any atom is 0.341 e. The van der Waals surface area contributed by atoms with Crippen molar-refractivity contribution in [1.29, 1.82) is 0 Å². The summed E-state index contributed by atoms with van der Waals surface area (Å²) in [4.78, 5) is 22.4. The van der Waals surface area contributed by atoms with Gasteiger partial charge in [-0.15, -0.1) is 0 Å². The Morgan fingerprint density at radius 2 is 2.12 bits per heavy atom. The smallest absolute Gasteiger partial charge is 0.341 e. The van der Waals surface area contributed by atoms with Crippen molar-refractivity contribution in [3.05, 3.63) is 45.2 Å². The monoisotopic (exact) mass is 241 g/mol. The first kappa shape index (κ1) is 10.6. The van der Waals surface area contributed by atoms with Gasteiger partial charge in [0, 0.05) is 10.4 Å². The van der Waals surface area contributed by atoms with E-state index in [1.165, 1.54) is 18.2 Å². The fourth-order valence-corrected chi connectivity index (χ4v) is 1.58. The van der Waals surface area contributed by atoms with Crippen LogP contribution in [0.1, 0.15) is 10.4 Å². The maximum atomic E-state index is 13.4. The predicted molar refractivity (Wildman–Crippen MR) is 56.7 cm³/mol. The number of carbonyl (C=O) groups is 1. The number of fused-ring (bicyclic) bond motifs is 1. The fourth-order valence-electron chi connectivity index (χ4n) is 1.41. The van der Waals surface area contributed by atoms with E-state index in [0.717, 1.165) is 0 Å². The molecule has 0 spiro atoms. The number of nitrogens with zero attached hydrogens (tertiary/aromatic N) is 1. The summed E-state index contributed by atoms with van der Waals surface area (Å²) in [5, 5.41) is 8.94. The molecule has 0 aliphatic heterocycles. The summed E-state index contributed by atoms with van der Waals surface area (Å²) in [6, 6.07) is 3.95. The molecule has 16 heavy (non-hydrogen) atoms. The van der Waals surface area contributed by atoms with Gasteiger partial charge in [-0.05, 0) is 18.2 Å². The van der Waals surface area contributed by atoms with Crippen LogP contribution in [0.5, 0.6) is 0 Å². The van der Waals surface area contributed by atoms with Crippen LogP contribution in [-0.4, -0.2) is 15.9 Å². The topological polar surface area (TPSA) is 59.3 Å². The highest BCUT2D eigenvalue weighted by atomic mass is 35.5. The summed E-state index contributed by atoms with van der Waals surface area (Å²) in [5.41, 5.74) is -1.40. The molecule has 1 N–H and O–H groups in total.